The largest absolute Gasteiger partial charge is 0.399 e. The predicted molar refractivity (Wildman–Crippen MR) is 81.3 cm³/mol. The number of nitrogen functional groups attached to an aromatic ring is 1. The first kappa shape index (κ1) is 14.8. The van der Waals surface area contributed by atoms with Crippen molar-refractivity contribution < 1.29 is 13.5 Å². The number of fused-ring (bicyclic) bond motifs is 1. The van der Waals surface area contributed by atoms with Crippen LogP contribution in [0.25, 0.3) is 0 Å². The van der Waals surface area contributed by atoms with Gasteiger partial charge in [-0.1, -0.05) is 0 Å². The fraction of sp³-hybridized carbons (Fsp3) is 0.600. The Labute approximate surface area is 125 Å². The monoisotopic (exact) mass is 310 g/mol. The highest BCUT2D eigenvalue weighted by atomic mass is 32.2. The van der Waals surface area contributed by atoms with Gasteiger partial charge >= 0.3 is 0 Å². The van der Waals surface area contributed by atoms with Gasteiger partial charge in [-0.05, 0) is 55.9 Å². The molecular weight excluding hydrogens is 288 g/mol. The Kier molecular flexibility index (Phi) is 3.50. The topological polar surface area (TPSA) is 83.6 Å². The fourth-order valence-corrected chi connectivity index (χ4v) is 5.86. The van der Waals surface area contributed by atoms with Crippen molar-refractivity contribution in [2.45, 2.75) is 37.7 Å². The molecule has 0 spiro atoms. The summed E-state index contributed by atoms with van der Waals surface area (Å²) in [6.07, 6.45) is 1.35. The van der Waals surface area contributed by atoms with Crippen LogP contribution in [0.1, 0.15) is 24.0 Å². The molecule has 0 amide bonds. The third-order valence-electron chi connectivity index (χ3n) is 4.87. The van der Waals surface area contributed by atoms with Crippen LogP contribution >= 0.6 is 0 Å². The molecule has 1 aliphatic carbocycles. The van der Waals surface area contributed by atoms with Gasteiger partial charge in [0.1, 0.15) is 0 Å². The molecule has 3 atom stereocenters. The Hall–Kier alpha value is -1.11. The van der Waals surface area contributed by atoms with Crippen LogP contribution in [0.4, 0.5) is 5.69 Å². The van der Waals surface area contributed by atoms with Gasteiger partial charge in [-0.2, -0.15) is 4.31 Å². The Morgan fingerprint density at radius 2 is 1.81 bits per heavy atom. The second kappa shape index (κ2) is 4.97. The SMILES string of the molecule is Cc1cc(N)cc(C)c1S(=O)(=O)N1CC2CCC(O)C2C1. The van der Waals surface area contributed by atoms with Crippen LogP contribution in [0, 0.1) is 25.7 Å². The first-order valence-corrected chi connectivity index (χ1v) is 8.79. The van der Waals surface area contributed by atoms with E-state index in [0.717, 1.165) is 12.8 Å². The van der Waals surface area contributed by atoms with Gasteiger partial charge in [-0.25, -0.2) is 8.42 Å². The average molecular weight is 310 g/mol. The van der Waals surface area contributed by atoms with Crippen LogP contribution in [0.2, 0.25) is 0 Å². The molecule has 0 bridgehead atoms. The lowest BCUT2D eigenvalue weighted by Gasteiger charge is -2.21. The maximum absolute atomic E-state index is 12.9. The Balaban J connectivity index is 1.96. The van der Waals surface area contributed by atoms with Gasteiger partial charge in [0.25, 0.3) is 0 Å². The van der Waals surface area contributed by atoms with E-state index in [9.17, 15) is 13.5 Å². The van der Waals surface area contributed by atoms with E-state index in [1.54, 1.807) is 26.0 Å². The highest BCUT2D eigenvalue weighted by molar-refractivity contribution is 7.89. The van der Waals surface area contributed by atoms with E-state index in [1.165, 1.54) is 4.31 Å². The van der Waals surface area contributed by atoms with E-state index in [0.29, 0.717) is 40.7 Å². The first-order chi connectivity index (χ1) is 9.80. The number of hydrogen-bond acceptors (Lipinski definition) is 4. The summed E-state index contributed by atoms with van der Waals surface area (Å²) in [6.45, 7) is 4.51. The van der Waals surface area contributed by atoms with E-state index < -0.39 is 10.0 Å². The summed E-state index contributed by atoms with van der Waals surface area (Å²) in [5.74, 6) is 0.387. The summed E-state index contributed by atoms with van der Waals surface area (Å²) in [5, 5.41) is 9.96. The van der Waals surface area contributed by atoms with Gasteiger partial charge in [0.2, 0.25) is 10.0 Å². The van der Waals surface area contributed by atoms with Gasteiger partial charge in [-0.3, -0.25) is 0 Å². The van der Waals surface area contributed by atoms with E-state index >= 15 is 0 Å². The molecule has 2 aliphatic rings. The van der Waals surface area contributed by atoms with E-state index in [2.05, 4.69) is 0 Å². The third kappa shape index (κ3) is 2.35. The van der Waals surface area contributed by atoms with Crippen molar-refractivity contribution >= 4 is 15.7 Å². The summed E-state index contributed by atoms with van der Waals surface area (Å²) in [6, 6.07) is 3.40. The molecule has 1 saturated heterocycles. The number of aliphatic hydroxyl groups is 1. The number of benzene rings is 1. The molecule has 3 unspecified atom stereocenters. The number of aliphatic hydroxyl groups excluding tert-OH is 1. The van der Waals surface area contributed by atoms with Crippen molar-refractivity contribution in [3.8, 4) is 0 Å². The zero-order valence-corrected chi connectivity index (χ0v) is 13.2. The van der Waals surface area contributed by atoms with Gasteiger partial charge in [-0.15, -0.1) is 0 Å². The summed E-state index contributed by atoms with van der Waals surface area (Å²) in [5.41, 5.74) is 7.73. The number of hydrogen-bond donors (Lipinski definition) is 2. The minimum absolute atomic E-state index is 0.0918. The molecule has 116 valence electrons. The highest BCUT2D eigenvalue weighted by Gasteiger charge is 2.46. The van der Waals surface area contributed by atoms with Crippen molar-refractivity contribution in [2.75, 3.05) is 18.8 Å². The molecular formula is C15H22N2O3S. The quantitative estimate of drug-likeness (QED) is 0.806. The smallest absolute Gasteiger partial charge is 0.243 e. The molecule has 2 fully saturated rings. The summed E-state index contributed by atoms with van der Waals surface area (Å²) in [4.78, 5) is 0.367. The molecule has 1 saturated carbocycles. The molecule has 5 nitrogen and oxygen atoms in total. The number of sulfonamides is 1. The Morgan fingerprint density at radius 3 is 2.38 bits per heavy atom. The predicted octanol–water partition coefficient (Wildman–Crippen LogP) is 1.28. The molecule has 21 heavy (non-hydrogen) atoms. The fourth-order valence-electron chi connectivity index (χ4n) is 3.91. The van der Waals surface area contributed by atoms with Gasteiger partial charge in [0.15, 0.2) is 0 Å². The molecule has 1 aromatic carbocycles. The van der Waals surface area contributed by atoms with Crippen LogP contribution in [0.5, 0.6) is 0 Å². The third-order valence-corrected chi connectivity index (χ3v) is 7.00. The highest BCUT2D eigenvalue weighted by Crippen LogP contribution is 2.40. The van der Waals surface area contributed by atoms with E-state index in [1.807, 2.05) is 0 Å². The maximum Gasteiger partial charge on any atom is 0.243 e. The van der Waals surface area contributed by atoms with E-state index in [-0.39, 0.29) is 12.0 Å². The molecule has 1 heterocycles. The van der Waals surface area contributed by atoms with Crippen LogP contribution in [0.3, 0.4) is 0 Å². The Morgan fingerprint density at radius 1 is 1.19 bits per heavy atom. The lowest BCUT2D eigenvalue weighted by molar-refractivity contribution is 0.129. The number of nitrogens with two attached hydrogens (primary N) is 1. The maximum atomic E-state index is 12.9. The normalized spacial score (nSPS) is 29.8. The second-order valence-corrected chi connectivity index (χ2v) is 8.25. The Bertz CT molecular complexity index is 648. The molecule has 3 rings (SSSR count). The standard InChI is InChI=1S/C15H22N2O3S/c1-9-5-12(16)6-10(2)15(9)21(19,20)17-7-11-3-4-14(18)13(11)8-17/h5-6,11,13-14,18H,3-4,7-8,16H2,1-2H3. The summed E-state index contributed by atoms with van der Waals surface area (Å²) >= 11 is 0. The number of rotatable bonds is 2. The summed E-state index contributed by atoms with van der Waals surface area (Å²) < 4.78 is 27.4. The number of anilines is 1. The zero-order valence-electron chi connectivity index (χ0n) is 12.4. The zero-order chi connectivity index (χ0) is 15.4. The van der Waals surface area contributed by atoms with Crippen molar-refractivity contribution in [1.82, 2.24) is 4.31 Å². The van der Waals surface area contributed by atoms with E-state index in [4.69, 9.17) is 5.73 Å². The van der Waals surface area contributed by atoms with Crippen LogP contribution in [-0.2, 0) is 10.0 Å². The molecule has 0 radical (unpaired) electrons. The molecule has 6 heteroatoms. The average Bonchev–Trinajstić information content (AvgIpc) is 2.90. The second-order valence-electron chi connectivity index (χ2n) is 6.37. The minimum Gasteiger partial charge on any atom is -0.399 e. The van der Waals surface area contributed by atoms with Crippen LogP contribution < -0.4 is 5.73 Å². The van der Waals surface area contributed by atoms with Gasteiger partial charge < -0.3 is 10.8 Å². The molecule has 3 N–H and O–H groups in total. The first-order valence-electron chi connectivity index (χ1n) is 7.35. The van der Waals surface area contributed by atoms with Crippen molar-refractivity contribution in [1.29, 1.82) is 0 Å². The van der Waals surface area contributed by atoms with Crippen LogP contribution in [-0.4, -0.2) is 37.0 Å². The van der Waals surface area contributed by atoms with Gasteiger partial charge in [0, 0.05) is 24.7 Å². The lowest BCUT2D eigenvalue weighted by Crippen LogP contribution is -2.32. The van der Waals surface area contributed by atoms with Crippen molar-refractivity contribution in [3.63, 3.8) is 0 Å². The summed E-state index contributed by atoms with van der Waals surface area (Å²) in [7, 11) is -3.52. The molecule has 1 aromatic rings. The minimum atomic E-state index is -3.52. The van der Waals surface area contributed by atoms with Crippen molar-refractivity contribution in [3.05, 3.63) is 23.3 Å². The molecule has 0 aromatic heterocycles. The lowest BCUT2D eigenvalue weighted by atomic mass is 10.00. The van der Waals surface area contributed by atoms with Crippen molar-refractivity contribution in [2.24, 2.45) is 11.8 Å². The number of nitrogens with zero attached hydrogens (tertiary/aromatic N) is 1. The van der Waals surface area contributed by atoms with Gasteiger partial charge in [0.05, 0.1) is 11.0 Å². The number of aryl methyl sites for hydroxylation is 2. The molecule has 1 aliphatic heterocycles. The van der Waals surface area contributed by atoms with Crippen LogP contribution in [0.15, 0.2) is 17.0 Å².